The Morgan fingerprint density at radius 1 is 1.00 bits per heavy atom. The van der Waals surface area contributed by atoms with Gasteiger partial charge in [0.2, 0.25) is 22.7 Å². The van der Waals surface area contributed by atoms with Gasteiger partial charge in [-0.3, -0.25) is 19.0 Å². The first-order chi connectivity index (χ1) is 34.2. The number of pyridine rings is 1. The fourth-order valence-electron chi connectivity index (χ4n) is 8.53. The molecule has 2 N–H and O–H groups in total. The summed E-state index contributed by atoms with van der Waals surface area (Å²) in [5.41, 5.74) is -6.08. The predicted molar refractivity (Wildman–Crippen MR) is 244 cm³/mol. The summed E-state index contributed by atoms with van der Waals surface area (Å²) < 4.78 is 196. The molecule has 2 aromatic carbocycles. The summed E-state index contributed by atoms with van der Waals surface area (Å²) in [5, 5.41) is 18.3. The number of hydrogen-bond acceptors (Lipinski definition) is 10. The highest BCUT2D eigenvalue weighted by Crippen LogP contribution is 2.68. The topological polar surface area (TPSA) is 207 Å². The third kappa shape index (κ3) is 11.6. The van der Waals surface area contributed by atoms with Gasteiger partial charge in [-0.05, 0) is 80.8 Å². The lowest BCUT2D eigenvalue weighted by molar-refractivity contribution is -0.143. The molecule has 0 aliphatic heterocycles. The third-order valence-corrected chi connectivity index (χ3v) is 15.4. The number of carbonyl (C=O) groups is 3. The van der Waals surface area contributed by atoms with Gasteiger partial charge in [0.1, 0.15) is 40.9 Å². The minimum absolute atomic E-state index is 0.177. The summed E-state index contributed by atoms with van der Waals surface area (Å²) in [7, 11) is -6.55. The number of alkyl halides is 8. The van der Waals surface area contributed by atoms with Crippen molar-refractivity contribution in [2.24, 2.45) is 5.92 Å². The van der Waals surface area contributed by atoms with Crippen LogP contribution in [0.1, 0.15) is 84.7 Å². The number of rotatable bonds is 16. The second kappa shape index (κ2) is 20.0. The number of hydrogen-bond donors (Lipinski definition) is 3. The average molecular weight is 1110 g/mol. The number of sulfone groups is 1. The Labute approximate surface area is 420 Å². The number of carbonyl (C=O) groups excluding carboxylic acids is 2. The molecule has 7 rings (SSSR count). The number of amides is 3. The summed E-state index contributed by atoms with van der Waals surface area (Å²) in [5.74, 6) is -6.14. The summed E-state index contributed by atoms with van der Waals surface area (Å²) in [6.45, 7) is -1.94. The van der Waals surface area contributed by atoms with Gasteiger partial charge >= 0.3 is 18.4 Å². The highest BCUT2D eigenvalue weighted by molar-refractivity contribution is 7.92. The van der Waals surface area contributed by atoms with Crippen molar-refractivity contribution in [3.05, 3.63) is 98.7 Å². The molecule has 2 aliphatic carbocycles. The van der Waals surface area contributed by atoms with Gasteiger partial charge in [0.05, 0.1) is 34.5 Å². The van der Waals surface area contributed by atoms with Crippen LogP contribution in [-0.4, -0.2) is 104 Å². The Morgan fingerprint density at radius 3 is 2.24 bits per heavy atom. The first kappa shape index (κ1) is 55.3. The van der Waals surface area contributed by atoms with Crippen LogP contribution in [0.25, 0.3) is 22.0 Å². The Kier molecular flexibility index (Phi) is 14.9. The number of halogens is 11. The van der Waals surface area contributed by atoms with Gasteiger partial charge in [-0.1, -0.05) is 23.6 Å². The van der Waals surface area contributed by atoms with Crippen molar-refractivity contribution in [3.63, 3.8) is 0 Å². The van der Waals surface area contributed by atoms with Gasteiger partial charge in [0, 0.05) is 60.3 Å². The van der Waals surface area contributed by atoms with Crippen LogP contribution in [-0.2, 0) is 68.5 Å². The Balaban J connectivity index is 1.42. The zero-order chi connectivity index (χ0) is 54.8. The van der Waals surface area contributed by atoms with E-state index in [0.29, 0.717) is 10.7 Å². The van der Waals surface area contributed by atoms with E-state index in [1.54, 1.807) is 0 Å². The fourth-order valence-corrected chi connectivity index (χ4v) is 9.56. The van der Waals surface area contributed by atoms with Gasteiger partial charge < -0.3 is 15.3 Å². The van der Waals surface area contributed by atoms with Crippen LogP contribution < -0.4 is 5.32 Å². The molecule has 5 aromatic rings. The molecular weight excluding hydrogens is 1070 g/mol. The highest BCUT2D eigenvalue weighted by atomic mass is 35.5. The van der Waals surface area contributed by atoms with Crippen LogP contribution in [0, 0.1) is 29.4 Å². The molecule has 3 amide bonds. The second-order valence-corrected chi connectivity index (χ2v) is 22.1. The molecule has 0 spiro atoms. The van der Waals surface area contributed by atoms with Crippen molar-refractivity contribution in [2.75, 3.05) is 19.8 Å². The van der Waals surface area contributed by atoms with Gasteiger partial charge in [0.25, 0.3) is 5.92 Å². The minimum atomic E-state index is -5.22. The van der Waals surface area contributed by atoms with Crippen molar-refractivity contribution in [2.45, 2.75) is 94.1 Å². The zero-order valence-corrected chi connectivity index (χ0v) is 41.3. The van der Waals surface area contributed by atoms with Crippen LogP contribution in [0.3, 0.4) is 0 Å². The molecule has 398 valence electrons. The van der Waals surface area contributed by atoms with Crippen LogP contribution in [0.2, 0.25) is 5.02 Å². The SMILES string of the molecule is CN(CCCC(=O)N(Cc1nn(CC(F)(F)F)c2c(-c3ccc(C#CC(C)(C)S(C)(=O)=O)nc3C(Cc3cc(F)cc(F)c3)NC(=O)Cn3nc(C(F)(F)F)c4c3C(F)(F)[C@@H]3C[C@H]43)ccc(Cl)c12)[SH](=O)=O)C(=O)O. The quantitative estimate of drug-likeness (QED) is 0.0500. The van der Waals surface area contributed by atoms with Crippen molar-refractivity contribution in [1.82, 2.24) is 39.1 Å². The van der Waals surface area contributed by atoms with E-state index in [0.717, 1.165) is 35.4 Å². The molecule has 0 saturated heterocycles. The summed E-state index contributed by atoms with van der Waals surface area (Å²) in [6, 6.07) is 4.97. The van der Waals surface area contributed by atoms with Crippen LogP contribution in [0.5, 0.6) is 0 Å². The van der Waals surface area contributed by atoms with Crippen molar-refractivity contribution in [1.29, 1.82) is 0 Å². The van der Waals surface area contributed by atoms with E-state index >= 15 is 8.78 Å². The Bertz CT molecular complexity index is 3340. The Hall–Kier alpha value is -6.47. The van der Waals surface area contributed by atoms with Crippen molar-refractivity contribution < 1.29 is 80.2 Å². The van der Waals surface area contributed by atoms with Crippen molar-refractivity contribution in [3.8, 4) is 23.0 Å². The molecule has 1 saturated carbocycles. The van der Waals surface area contributed by atoms with Crippen LogP contribution >= 0.6 is 11.6 Å². The summed E-state index contributed by atoms with van der Waals surface area (Å²) >= 11 is 6.64. The molecule has 1 unspecified atom stereocenters. The predicted octanol–water partition coefficient (Wildman–Crippen LogP) is 7.54. The fraction of sp³-hybridized carbons (Fsp3) is 0.422. The number of benzene rings is 2. The number of carboxylic acid groups (broad SMARTS) is 1. The van der Waals surface area contributed by atoms with E-state index in [1.807, 2.05) is 0 Å². The number of nitrogens with one attached hydrogen (secondary N) is 1. The highest BCUT2D eigenvalue weighted by Gasteiger charge is 2.68. The first-order valence-electron chi connectivity index (χ1n) is 21.9. The standard InChI is InChI=1S/C45H41ClF10N8O8S2/c1-42(2,74(4,71)72)12-11-25-7-8-26(27-9-10-30(46)36-32(59-63(38(27)36)21-43(49,50)51)19-64(73(69)70)34(66)6-5-13-61(3)41(67)68)37(57-25)31(16-22-14-23(47)17-24(48)15-22)58-33(65)20-62-40-35(39(60-62)45(54,55)56)28-18-29(28)44(40,52)53/h7-10,14-15,17,28-29,31,73H,5-6,13,16,18-21H2,1-4H3,(H,58,65)(H,67,68)/t28-,29+,31?/m0/s1. The number of thiol groups is 1. The minimum Gasteiger partial charge on any atom is -0.465 e. The van der Waals surface area contributed by atoms with Gasteiger partial charge in [-0.2, -0.15) is 45.3 Å². The number of fused-ring (bicyclic) bond motifs is 4. The van der Waals surface area contributed by atoms with E-state index in [2.05, 4.69) is 32.3 Å². The molecule has 3 aromatic heterocycles. The smallest absolute Gasteiger partial charge is 0.435 e. The normalized spacial score (nSPS) is 16.6. The second-order valence-electron chi connectivity index (χ2n) is 18.1. The molecule has 3 atom stereocenters. The monoisotopic (exact) mass is 1110 g/mol. The number of aromatic nitrogens is 5. The maximum atomic E-state index is 15.6. The Morgan fingerprint density at radius 2 is 1.65 bits per heavy atom. The maximum Gasteiger partial charge on any atom is 0.435 e. The van der Waals surface area contributed by atoms with E-state index in [-0.39, 0.29) is 61.2 Å². The molecule has 74 heavy (non-hydrogen) atoms. The molecule has 29 heteroatoms. The van der Waals surface area contributed by atoms with Crippen LogP contribution in [0.15, 0.2) is 42.5 Å². The molecule has 1 fully saturated rings. The van der Waals surface area contributed by atoms with E-state index in [9.17, 15) is 66.3 Å². The molecule has 0 radical (unpaired) electrons. The number of nitrogens with zero attached hydrogens (tertiary/aromatic N) is 7. The molecule has 0 bridgehead atoms. The van der Waals surface area contributed by atoms with Gasteiger partial charge in [0.15, 0.2) is 15.5 Å². The lowest BCUT2D eigenvalue weighted by Gasteiger charge is -2.23. The average Bonchev–Trinajstić information content (AvgIpc) is 3.78. The first-order valence-corrected chi connectivity index (χ1v) is 25.3. The summed E-state index contributed by atoms with van der Waals surface area (Å²) in [4.78, 5) is 44.0. The molecule has 3 heterocycles. The van der Waals surface area contributed by atoms with Crippen molar-refractivity contribution >= 4 is 61.1 Å². The van der Waals surface area contributed by atoms with Gasteiger partial charge in [-0.15, -0.1) is 0 Å². The van der Waals surface area contributed by atoms with Crippen LogP contribution in [0.4, 0.5) is 48.7 Å². The maximum absolute atomic E-state index is 15.6. The molecule has 16 nitrogen and oxygen atoms in total. The molecule has 2 aliphatic rings. The molecular formula is C45H41ClF10N8O8S2. The summed E-state index contributed by atoms with van der Waals surface area (Å²) in [6.07, 6.45) is -12.5. The third-order valence-electron chi connectivity index (χ3n) is 12.4. The van der Waals surface area contributed by atoms with E-state index in [4.69, 9.17) is 16.7 Å². The zero-order valence-electron chi connectivity index (χ0n) is 38.9. The van der Waals surface area contributed by atoms with Gasteiger partial charge in [-0.25, -0.2) is 39.7 Å². The lowest BCUT2D eigenvalue weighted by Crippen LogP contribution is -2.35. The largest absolute Gasteiger partial charge is 0.465 e. The lowest BCUT2D eigenvalue weighted by atomic mass is 9.93. The van der Waals surface area contributed by atoms with E-state index in [1.165, 1.54) is 33.0 Å². The van der Waals surface area contributed by atoms with E-state index < -0.39 is 158 Å².